The Hall–Kier alpha value is -3.35. The monoisotopic (exact) mass is 732 g/mol. The topological polar surface area (TPSA) is 115 Å². The SMILES string of the molecule is NC(=S)c1cccc(-c2cn(C3CCOCC3)c3c(Cl)c(CNC(=O)C4CC5(CCN(CCNC(=O)CCc6nccs6)CC5)C4)ccc23)c1. The molecule has 7 rings (SSSR count). The van der Waals surface area contributed by atoms with Crippen molar-refractivity contribution < 1.29 is 14.3 Å². The van der Waals surface area contributed by atoms with E-state index in [1.165, 1.54) is 0 Å². The van der Waals surface area contributed by atoms with E-state index < -0.39 is 0 Å². The summed E-state index contributed by atoms with van der Waals surface area (Å²) >= 11 is 14.1. The van der Waals surface area contributed by atoms with E-state index in [0.29, 0.717) is 35.9 Å². The molecule has 4 aromatic rings. The van der Waals surface area contributed by atoms with Crippen molar-refractivity contribution >= 4 is 62.9 Å². The summed E-state index contributed by atoms with van der Waals surface area (Å²) < 4.78 is 7.99. The van der Waals surface area contributed by atoms with Crippen LogP contribution in [0.5, 0.6) is 0 Å². The van der Waals surface area contributed by atoms with Crippen LogP contribution in [0.15, 0.2) is 54.2 Å². The number of nitrogens with one attached hydrogen (secondary N) is 2. The Balaban J connectivity index is 0.930. The third-order valence-electron chi connectivity index (χ3n) is 11.0. The quantitative estimate of drug-likeness (QED) is 0.147. The third-order valence-corrected chi connectivity index (χ3v) is 12.5. The number of aryl methyl sites for hydroxylation is 1. The first-order chi connectivity index (χ1) is 24.3. The highest BCUT2D eigenvalue weighted by molar-refractivity contribution is 7.80. The van der Waals surface area contributed by atoms with Crippen LogP contribution in [0.2, 0.25) is 5.02 Å². The average Bonchev–Trinajstić information content (AvgIpc) is 3.79. The lowest BCUT2D eigenvalue weighted by atomic mass is 9.57. The van der Waals surface area contributed by atoms with E-state index in [1.54, 1.807) is 17.5 Å². The Morgan fingerprint density at radius 1 is 1.12 bits per heavy atom. The van der Waals surface area contributed by atoms with Gasteiger partial charge in [-0.15, -0.1) is 11.3 Å². The van der Waals surface area contributed by atoms with Gasteiger partial charge >= 0.3 is 0 Å². The van der Waals surface area contributed by atoms with Gasteiger partial charge in [-0.05, 0) is 74.2 Å². The minimum absolute atomic E-state index is 0.0415. The van der Waals surface area contributed by atoms with E-state index in [2.05, 4.69) is 43.4 Å². The summed E-state index contributed by atoms with van der Waals surface area (Å²) in [5.41, 5.74) is 11.1. The predicted octanol–water partition coefficient (Wildman–Crippen LogP) is 6.26. The molecule has 0 atom stereocenters. The van der Waals surface area contributed by atoms with Crippen molar-refractivity contribution in [2.75, 3.05) is 39.4 Å². The molecular weight excluding hydrogens is 688 g/mol. The van der Waals surface area contributed by atoms with E-state index in [9.17, 15) is 9.59 Å². The fourth-order valence-electron chi connectivity index (χ4n) is 8.00. The summed E-state index contributed by atoms with van der Waals surface area (Å²) in [7, 11) is 0. The van der Waals surface area contributed by atoms with Gasteiger partial charge in [0.2, 0.25) is 11.8 Å². The number of fused-ring (bicyclic) bond motifs is 1. The molecule has 3 aliphatic rings. The smallest absolute Gasteiger partial charge is 0.223 e. The maximum atomic E-state index is 13.3. The second-order valence-corrected chi connectivity index (χ2v) is 15.9. The number of hydrogen-bond donors (Lipinski definition) is 3. The zero-order valence-corrected chi connectivity index (χ0v) is 30.7. The number of halogens is 1. The molecule has 1 saturated carbocycles. The van der Waals surface area contributed by atoms with Gasteiger partial charge in [0.15, 0.2) is 0 Å². The molecule has 1 aliphatic carbocycles. The van der Waals surface area contributed by atoms with Gasteiger partial charge in [0.1, 0.15) is 4.99 Å². The molecule has 4 N–H and O–H groups in total. The number of aromatic nitrogens is 2. The Morgan fingerprint density at radius 3 is 2.66 bits per heavy atom. The Bertz CT molecular complexity index is 1840. The average molecular weight is 733 g/mol. The molecule has 3 fully saturated rings. The van der Waals surface area contributed by atoms with Crippen molar-refractivity contribution in [3.05, 3.63) is 75.3 Å². The zero-order chi connectivity index (χ0) is 34.7. The van der Waals surface area contributed by atoms with Gasteiger partial charge in [-0.2, -0.15) is 0 Å². The maximum absolute atomic E-state index is 13.3. The molecule has 2 amide bonds. The summed E-state index contributed by atoms with van der Waals surface area (Å²) in [6, 6.07) is 12.5. The maximum Gasteiger partial charge on any atom is 0.223 e. The molecule has 9 nitrogen and oxygen atoms in total. The normalized spacial score (nSPS) is 18.3. The molecule has 2 aromatic heterocycles. The molecule has 0 bridgehead atoms. The Labute approximate surface area is 307 Å². The number of carbonyl (C=O) groups excluding carboxylic acids is 2. The number of benzene rings is 2. The lowest BCUT2D eigenvalue weighted by Crippen LogP contribution is -2.51. The fraction of sp³-hybridized carbons (Fsp3) is 0.474. The number of piperidine rings is 1. The minimum atomic E-state index is 0.0415. The number of hydrogen-bond acceptors (Lipinski definition) is 7. The second-order valence-electron chi connectivity index (χ2n) is 14.1. The van der Waals surface area contributed by atoms with Crippen LogP contribution < -0.4 is 16.4 Å². The van der Waals surface area contributed by atoms with Crippen molar-refractivity contribution in [2.45, 2.75) is 64.0 Å². The van der Waals surface area contributed by atoms with Crippen LogP contribution in [0.3, 0.4) is 0 Å². The van der Waals surface area contributed by atoms with E-state index in [0.717, 1.165) is 110 Å². The van der Waals surface area contributed by atoms with Crippen LogP contribution in [0.1, 0.15) is 67.1 Å². The summed E-state index contributed by atoms with van der Waals surface area (Å²) in [6.45, 7) is 5.39. The van der Waals surface area contributed by atoms with Crippen molar-refractivity contribution in [3.63, 3.8) is 0 Å². The Morgan fingerprint density at radius 2 is 1.92 bits per heavy atom. The largest absolute Gasteiger partial charge is 0.389 e. The molecule has 2 saturated heterocycles. The number of likely N-dealkylation sites (tertiary alicyclic amines) is 1. The number of rotatable bonds is 12. The van der Waals surface area contributed by atoms with Crippen molar-refractivity contribution in [1.29, 1.82) is 0 Å². The Kier molecular flexibility index (Phi) is 10.9. The second kappa shape index (κ2) is 15.5. The molecule has 50 heavy (non-hydrogen) atoms. The van der Waals surface area contributed by atoms with Gasteiger partial charge in [-0.25, -0.2) is 4.98 Å². The van der Waals surface area contributed by atoms with Gasteiger partial charge in [-0.3, -0.25) is 9.59 Å². The first kappa shape index (κ1) is 35.1. The van der Waals surface area contributed by atoms with Crippen LogP contribution in [0.4, 0.5) is 0 Å². The number of ether oxygens (including phenoxy) is 1. The molecule has 1 spiro atoms. The number of thiazole rings is 1. The predicted molar refractivity (Wildman–Crippen MR) is 203 cm³/mol. The highest BCUT2D eigenvalue weighted by Gasteiger charge is 2.48. The lowest BCUT2D eigenvalue weighted by molar-refractivity contribution is -0.135. The summed E-state index contributed by atoms with van der Waals surface area (Å²) in [6.07, 6.45) is 11.1. The van der Waals surface area contributed by atoms with Crippen LogP contribution in [0.25, 0.3) is 22.0 Å². The molecule has 12 heteroatoms. The van der Waals surface area contributed by atoms with Crippen LogP contribution in [-0.4, -0.2) is 70.6 Å². The van der Waals surface area contributed by atoms with Crippen molar-refractivity contribution in [3.8, 4) is 11.1 Å². The number of amides is 2. The van der Waals surface area contributed by atoms with Gasteiger partial charge in [0.05, 0.1) is 15.5 Å². The molecule has 0 unspecified atom stereocenters. The first-order valence-corrected chi connectivity index (χ1v) is 19.4. The molecule has 4 heterocycles. The molecule has 264 valence electrons. The number of thiocarbonyl (C=S) groups is 1. The van der Waals surface area contributed by atoms with Crippen molar-refractivity contribution in [1.82, 2.24) is 25.1 Å². The summed E-state index contributed by atoms with van der Waals surface area (Å²) in [5.74, 6) is 0.240. The third kappa shape index (κ3) is 7.77. The van der Waals surface area contributed by atoms with E-state index >= 15 is 0 Å². The van der Waals surface area contributed by atoms with E-state index in [-0.39, 0.29) is 29.2 Å². The van der Waals surface area contributed by atoms with E-state index in [1.807, 2.05) is 29.6 Å². The number of carbonyl (C=O) groups is 2. The van der Waals surface area contributed by atoms with Gasteiger partial charge < -0.3 is 30.6 Å². The fourth-order valence-corrected chi connectivity index (χ4v) is 9.08. The van der Waals surface area contributed by atoms with E-state index in [4.69, 9.17) is 34.3 Å². The summed E-state index contributed by atoms with van der Waals surface area (Å²) in [5, 5.41) is 11.0. The number of nitrogens with zero attached hydrogens (tertiary/aromatic N) is 3. The standard InChI is InChI=1S/C38H45ClN6O3S2/c39-34-27(4-5-30-31(25-2-1-3-26(20-25)36(40)49)24-45(35(30)34)29-8-17-48-18-9-29)23-43-37(47)28-21-38(22-28)10-14-44(15-11-38)16-12-41-32(46)6-7-33-42-13-19-50-33/h1-5,13,19-20,24,28-29H,6-12,14-18,21-23H2,(H2,40,49)(H,41,46)(H,43,47). The molecular formula is C38H45ClN6O3S2. The molecule has 0 radical (unpaired) electrons. The molecule has 2 aliphatic heterocycles. The first-order valence-electron chi connectivity index (χ1n) is 17.7. The zero-order valence-electron chi connectivity index (χ0n) is 28.3. The van der Waals surface area contributed by atoms with Gasteiger partial charge in [-0.1, -0.05) is 54.2 Å². The van der Waals surface area contributed by atoms with Gasteiger partial charge in [0.25, 0.3) is 0 Å². The van der Waals surface area contributed by atoms with Crippen LogP contribution in [-0.2, 0) is 27.3 Å². The molecule has 2 aromatic carbocycles. The number of nitrogens with two attached hydrogens (primary N) is 1. The lowest BCUT2D eigenvalue weighted by Gasteiger charge is -2.51. The minimum Gasteiger partial charge on any atom is -0.389 e. The van der Waals surface area contributed by atoms with Crippen LogP contribution in [0, 0.1) is 11.3 Å². The highest BCUT2D eigenvalue weighted by Crippen LogP contribution is 2.52. The van der Waals surface area contributed by atoms with Gasteiger partial charge in [0, 0.05) is 91.9 Å². The van der Waals surface area contributed by atoms with Crippen molar-refractivity contribution in [2.24, 2.45) is 17.1 Å². The highest BCUT2D eigenvalue weighted by atomic mass is 35.5. The van der Waals surface area contributed by atoms with Crippen LogP contribution >= 0.6 is 35.2 Å². The summed E-state index contributed by atoms with van der Waals surface area (Å²) in [4.78, 5) is 32.6.